The molecule has 7 heteroatoms. The van der Waals surface area contributed by atoms with Crippen LogP contribution < -0.4 is 20.7 Å². The summed E-state index contributed by atoms with van der Waals surface area (Å²) in [5, 5.41) is 0.854. The Balaban J connectivity index is 1.86. The van der Waals surface area contributed by atoms with Gasteiger partial charge in [-0.3, -0.25) is 5.43 Å². The Morgan fingerprint density at radius 2 is 2.05 bits per heavy atom. The van der Waals surface area contributed by atoms with Gasteiger partial charge in [-0.05, 0) is 25.1 Å². The Kier molecular flexibility index (Phi) is 4.12. The van der Waals surface area contributed by atoms with Gasteiger partial charge in [-0.2, -0.15) is 0 Å². The average Bonchev–Trinajstić information content (AvgIpc) is 2.74. The summed E-state index contributed by atoms with van der Waals surface area (Å²) >= 11 is 1.54. The Hall–Kier alpha value is -1.99. The van der Waals surface area contributed by atoms with Gasteiger partial charge in [0.2, 0.25) is 5.95 Å². The number of ether oxygens (including phenoxy) is 2. The molecule has 21 heavy (non-hydrogen) atoms. The number of nitrogens with zero attached hydrogens (tertiary/aromatic N) is 2. The van der Waals surface area contributed by atoms with Crippen molar-refractivity contribution in [1.82, 2.24) is 9.97 Å². The highest BCUT2D eigenvalue weighted by Crippen LogP contribution is 2.36. The number of nitrogens with two attached hydrogens (primary N) is 1. The summed E-state index contributed by atoms with van der Waals surface area (Å²) in [6, 6.07) is 5.90. The van der Waals surface area contributed by atoms with Gasteiger partial charge in [-0.25, -0.2) is 15.8 Å². The molecule has 0 fully saturated rings. The molecule has 0 bridgehead atoms. The second-order valence-corrected chi connectivity index (χ2v) is 5.65. The van der Waals surface area contributed by atoms with E-state index in [2.05, 4.69) is 15.4 Å². The third-order valence-electron chi connectivity index (χ3n) is 2.99. The van der Waals surface area contributed by atoms with Crippen LogP contribution in [0, 0.1) is 6.92 Å². The molecule has 110 valence electrons. The maximum Gasteiger partial charge on any atom is 0.238 e. The first kappa shape index (κ1) is 14.0. The molecule has 3 N–H and O–H groups in total. The first-order valence-electron chi connectivity index (χ1n) is 6.64. The number of hydrogen-bond donors (Lipinski definition) is 2. The molecule has 0 atom stereocenters. The summed E-state index contributed by atoms with van der Waals surface area (Å²) < 4.78 is 11.3. The van der Waals surface area contributed by atoms with Crippen LogP contribution in [-0.2, 0) is 0 Å². The maximum atomic E-state index is 5.70. The number of rotatable bonds is 3. The molecular weight excluding hydrogens is 288 g/mol. The van der Waals surface area contributed by atoms with Crippen molar-refractivity contribution in [2.24, 2.45) is 5.84 Å². The van der Waals surface area contributed by atoms with Crippen molar-refractivity contribution in [2.75, 3.05) is 18.6 Å². The second-order valence-electron chi connectivity index (χ2n) is 4.59. The molecule has 6 nitrogen and oxygen atoms in total. The minimum atomic E-state index is 0.400. The normalized spacial score (nSPS) is 13.6. The standard InChI is InChI=1S/C14H16N4O2S/c1-9-8-16-14(18-15)17-13(9)21-10-3-4-11-12(7-10)20-6-2-5-19-11/h3-4,7-8H,2,5-6,15H2,1H3,(H,16,17,18). The fourth-order valence-corrected chi connectivity index (χ4v) is 2.79. The fourth-order valence-electron chi connectivity index (χ4n) is 1.92. The number of aromatic nitrogens is 2. The lowest BCUT2D eigenvalue weighted by atomic mass is 10.3. The molecule has 1 aliphatic rings. The molecule has 0 saturated carbocycles. The molecule has 0 radical (unpaired) electrons. The fraction of sp³-hybridized carbons (Fsp3) is 0.286. The topological polar surface area (TPSA) is 82.3 Å². The van der Waals surface area contributed by atoms with Gasteiger partial charge in [0.15, 0.2) is 11.5 Å². The summed E-state index contributed by atoms with van der Waals surface area (Å²) in [6.07, 6.45) is 2.64. The average molecular weight is 304 g/mol. The monoisotopic (exact) mass is 304 g/mol. The van der Waals surface area contributed by atoms with Crippen LogP contribution in [0.15, 0.2) is 34.3 Å². The quantitative estimate of drug-likeness (QED) is 0.512. The number of fused-ring (bicyclic) bond motifs is 1. The molecule has 3 rings (SSSR count). The summed E-state index contributed by atoms with van der Waals surface area (Å²) in [7, 11) is 0. The van der Waals surface area contributed by atoms with Gasteiger partial charge >= 0.3 is 0 Å². The lowest BCUT2D eigenvalue weighted by Crippen LogP contribution is -2.10. The van der Waals surface area contributed by atoms with E-state index in [0.717, 1.165) is 33.4 Å². The van der Waals surface area contributed by atoms with E-state index in [1.807, 2.05) is 25.1 Å². The van der Waals surface area contributed by atoms with Gasteiger partial charge in [-0.1, -0.05) is 11.8 Å². The number of nitrogen functional groups attached to an aromatic ring is 1. The van der Waals surface area contributed by atoms with Crippen molar-refractivity contribution in [3.63, 3.8) is 0 Å². The van der Waals surface area contributed by atoms with Crippen molar-refractivity contribution in [3.8, 4) is 11.5 Å². The first-order chi connectivity index (χ1) is 10.3. The lowest BCUT2D eigenvalue weighted by Gasteiger charge is -2.10. The van der Waals surface area contributed by atoms with E-state index in [4.69, 9.17) is 15.3 Å². The largest absolute Gasteiger partial charge is 0.490 e. The third-order valence-corrected chi connectivity index (χ3v) is 4.08. The number of hydrogen-bond acceptors (Lipinski definition) is 7. The predicted octanol–water partition coefficient (Wildman–Crippen LogP) is 2.38. The van der Waals surface area contributed by atoms with Gasteiger partial charge < -0.3 is 9.47 Å². The zero-order valence-electron chi connectivity index (χ0n) is 11.6. The molecule has 1 aliphatic heterocycles. The van der Waals surface area contributed by atoms with Crippen LogP contribution in [0.4, 0.5) is 5.95 Å². The van der Waals surface area contributed by atoms with Crippen LogP contribution in [-0.4, -0.2) is 23.2 Å². The molecule has 0 unspecified atom stereocenters. The molecule has 0 spiro atoms. The summed E-state index contributed by atoms with van der Waals surface area (Å²) in [5.41, 5.74) is 3.45. The number of benzene rings is 1. The first-order valence-corrected chi connectivity index (χ1v) is 7.45. The Bertz CT molecular complexity index is 651. The van der Waals surface area contributed by atoms with Crippen molar-refractivity contribution in [3.05, 3.63) is 30.0 Å². The molecule has 1 aromatic carbocycles. The van der Waals surface area contributed by atoms with Crippen molar-refractivity contribution in [2.45, 2.75) is 23.3 Å². The third kappa shape index (κ3) is 3.20. The van der Waals surface area contributed by atoms with E-state index in [9.17, 15) is 0 Å². The molecule has 2 heterocycles. The van der Waals surface area contributed by atoms with Crippen LogP contribution in [0.2, 0.25) is 0 Å². The highest BCUT2D eigenvalue weighted by Gasteiger charge is 2.12. The molecule has 0 aliphatic carbocycles. The van der Waals surface area contributed by atoms with Crippen molar-refractivity contribution in [1.29, 1.82) is 0 Å². The molecule has 0 saturated heterocycles. The van der Waals surface area contributed by atoms with Crippen LogP contribution in [0.1, 0.15) is 12.0 Å². The smallest absolute Gasteiger partial charge is 0.238 e. The van der Waals surface area contributed by atoms with Gasteiger partial charge in [0.05, 0.1) is 13.2 Å². The van der Waals surface area contributed by atoms with E-state index in [0.29, 0.717) is 19.2 Å². The van der Waals surface area contributed by atoms with Gasteiger partial charge in [-0.15, -0.1) is 0 Å². The summed E-state index contributed by atoms with van der Waals surface area (Å²) in [6.45, 7) is 3.33. The number of anilines is 1. The zero-order chi connectivity index (χ0) is 14.7. The van der Waals surface area contributed by atoms with Crippen LogP contribution in [0.3, 0.4) is 0 Å². The van der Waals surface area contributed by atoms with E-state index in [1.165, 1.54) is 0 Å². The minimum Gasteiger partial charge on any atom is -0.490 e. The summed E-state index contributed by atoms with van der Waals surface area (Å²) in [5.74, 6) is 7.32. The Morgan fingerprint density at radius 3 is 2.86 bits per heavy atom. The highest BCUT2D eigenvalue weighted by molar-refractivity contribution is 7.99. The number of hydrazine groups is 1. The van der Waals surface area contributed by atoms with E-state index >= 15 is 0 Å². The number of nitrogens with one attached hydrogen (secondary N) is 1. The van der Waals surface area contributed by atoms with Gasteiger partial charge in [0.25, 0.3) is 0 Å². The highest BCUT2D eigenvalue weighted by atomic mass is 32.2. The molecular formula is C14H16N4O2S. The number of aryl methyl sites for hydroxylation is 1. The summed E-state index contributed by atoms with van der Waals surface area (Å²) in [4.78, 5) is 9.47. The van der Waals surface area contributed by atoms with Gasteiger partial charge in [0.1, 0.15) is 5.03 Å². The maximum absolute atomic E-state index is 5.70. The van der Waals surface area contributed by atoms with Crippen molar-refractivity contribution < 1.29 is 9.47 Å². The predicted molar refractivity (Wildman–Crippen MR) is 80.8 cm³/mol. The second kappa shape index (κ2) is 6.19. The van der Waals surface area contributed by atoms with E-state index in [-0.39, 0.29) is 0 Å². The van der Waals surface area contributed by atoms with E-state index in [1.54, 1.807) is 18.0 Å². The Morgan fingerprint density at radius 1 is 1.24 bits per heavy atom. The van der Waals surface area contributed by atoms with Crippen molar-refractivity contribution >= 4 is 17.7 Å². The molecule has 2 aromatic rings. The molecule has 0 amide bonds. The van der Waals surface area contributed by atoms with Crippen LogP contribution in [0.25, 0.3) is 0 Å². The lowest BCUT2D eigenvalue weighted by molar-refractivity contribution is 0.297. The minimum absolute atomic E-state index is 0.400. The zero-order valence-corrected chi connectivity index (χ0v) is 12.4. The Labute approximate surface area is 127 Å². The van der Waals surface area contributed by atoms with Crippen LogP contribution >= 0.6 is 11.8 Å². The van der Waals surface area contributed by atoms with Gasteiger partial charge in [0, 0.05) is 23.1 Å². The van der Waals surface area contributed by atoms with E-state index < -0.39 is 0 Å². The van der Waals surface area contributed by atoms with Crippen LogP contribution in [0.5, 0.6) is 11.5 Å². The SMILES string of the molecule is Cc1cnc(NN)nc1Sc1ccc2c(c1)OCCCO2. The molecule has 1 aromatic heterocycles.